The third-order valence-electron chi connectivity index (χ3n) is 1.79. The third kappa shape index (κ3) is 5.97. The van der Waals surface area contributed by atoms with Gasteiger partial charge in [-0.05, 0) is 32.9 Å². The van der Waals surface area contributed by atoms with Gasteiger partial charge in [-0.3, -0.25) is 0 Å². The van der Waals surface area contributed by atoms with E-state index in [-0.39, 0.29) is 10.8 Å². The summed E-state index contributed by atoms with van der Waals surface area (Å²) < 4.78 is 50.2. The van der Waals surface area contributed by atoms with Gasteiger partial charge in [0.25, 0.3) is 10.2 Å². The van der Waals surface area contributed by atoms with Gasteiger partial charge in [0.2, 0.25) is 10.0 Å². The van der Waals surface area contributed by atoms with E-state index in [1.807, 2.05) is 0 Å². The van der Waals surface area contributed by atoms with E-state index < -0.39 is 25.8 Å². The first kappa shape index (κ1) is 16.5. The molecule has 0 aliphatic carbocycles. The van der Waals surface area contributed by atoms with Crippen molar-refractivity contribution in [1.29, 1.82) is 0 Å². The van der Waals surface area contributed by atoms with Gasteiger partial charge in [-0.15, -0.1) is 11.3 Å². The maximum Gasteiger partial charge on any atom is 0.277 e. The molecular formula is C9H17N3O4S3. The quantitative estimate of drug-likeness (QED) is 0.711. The molecular weight excluding hydrogens is 310 g/mol. The zero-order valence-electron chi connectivity index (χ0n) is 10.8. The van der Waals surface area contributed by atoms with Gasteiger partial charge in [-0.1, -0.05) is 0 Å². The fourth-order valence-electron chi connectivity index (χ4n) is 1.21. The van der Waals surface area contributed by atoms with E-state index in [0.29, 0.717) is 4.88 Å². The summed E-state index contributed by atoms with van der Waals surface area (Å²) in [6, 6.07) is 2.87. The van der Waals surface area contributed by atoms with Crippen LogP contribution in [0.25, 0.3) is 0 Å². The molecule has 1 rings (SSSR count). The van der Waals surface area contributed by atoms with Crippen LogP contribution < -0.4 is 14.6 Å². The predicted octanol–water partition coefficient (Wildman–Crippen LogP) is 0.118. The molecule has 1 heterocycles. The second-order valence-corrected chi connectivity index (χ2v) is 9.40. The van der Waals surface area contributed by atoms with Gasteiger partial charge in [0.1, 0.15) is 4.21 Å². The Labute approximate surface area is 117 Å². The molecule has 110 valence electrons. The van der Waals surface area contributed by atoms with Crippen molar-refractivity contribution in [3.8, 4) is 0 Å². The van der Waals surface area contributed by atoms with Gasteiger partial charge in [-0.25, -0.2) is 13.6 Å². The Kier molecular flexibility index (Phi) is 4.75. The van der Waals surface area contributed by atoms with E-state index in [0.717, 1.165) is 11.3 Å². The van der Waals surface area contributed by atoms with E-state index in [1.165, 1.54) is 12.1 Å². The van der Waals surface area contributed by atoms with Crippen molar-refractivity contribution in [2.24, 2.45) is 5.14 Å². The molecule has 19 heavy (non-hydrogen) atoms. The highest BCUT2D eigenvalue weighted by atomic mass is 32.2. The number of hydrogen-bond donors (Lipinski definition) is 3. The van der Waals surface area contributed by atoms with E-state index in [9.17, 15) is 16.8 Å². The zero-order valence-corrected chi connectivity index (χ0v) is 13.2. The van der Waals surface area contributed by atoms with Crippen molar-refractivity contribution < 1.29 is 16.8 Å². The summed E-state index contributed by atoms with van der Waals surface area (Å²) in [5, 5.41) is 4.97. The maximum atomic E-state index is 11.7. The predicted molar refractivity (Wildman–Crippen MR) is 74.3 cm³/mol. The molecule has 1 aromatic rings. The highest BCUT2D eigenvalue weighted by Gasteiger charge is 2.20. The topological polar surface area (TPSA) is 118 Å². The molecule has 0 saturated carbocycles. The SMILES string of the molecule is CC(C)(C)NS(=O)(=O)NCc1ccc(S(N)(=O)=O)s1. The standard InChI is InChI=1S/C9H17N3O4S3/c1-9(2,3)12-19(15,16)11-6-7-4-5-8(17-7)18(10,13)14/h4-5,11-12H,6H2,1-3H3,(H2,10,13,14). The van der Waals surface area contributed by atoms with Gasteiger partial charge in [0.05, 0.1) is 0 Å². The number of sulfonamides is 1. The molecule has 0 fully saturated rings. The lowest BCUT2D eigenvalue weighted by Crippen LogP contribution is -2.46. The molecule has 0 aliphatic rings. The summed E-state index contributed by atoms with van der Waals surface area (Å²) in [7, 11) is -7.38. The fourth-order valence-corrected chi connectivity index (χ4v) is 4.25. The van der Waals surface area contributed by atoms with Gasteiger partial charge in [0.15, 0.2) is 0 Å². The minimum atomic E-state index is -3.74. The summed E-state index contributed by atoms with van der Waals surface area (Å²) in [5.74, 6) is 0. The Bertz CT molecular complexity index is 640. The number of rotatable bonds is 5. The summed E-state index contributed by atoms with van der Waals surface area (Å²) in [4.78, 5) is 0.559. The number of hydrogen-bond acceptors (Lipinski definition) is 5. The third-order valence-corrected chi connectivity index (χ3v) is 5.72. The average molecular weight is 327 g/mol. The maximum absolute atomic E-state index is 11.7. The van der Waals surface area contributed by atoms with Crippen LogP contribution in [0.3, 0.4) is 0 Å². The minimum absolute atomic E-state index is 0.00507. The summed E-state index contributed by atoms with van der Waals surface area (Å²) in [6.45, 7) is 5.16. The monoisotopic (exact) mass is 327 g/mol. The highest BCUT2D eigenvalue weighted by molar-refractivity contribution is 7.91. The number of primary sulfonamides is 1. The van der Waals surface area contributed by atoms with Crippen LogP contribution in [-0.2, 0) is 26.8 Å². The lowest BCUT2D eigenvalue weighted by molar-refractivity contribution is 0.483. The molecule has 4 N–H and O–H groups in total. The summed E-state index contributed by atoms with van der Waals surface area (Å²) in [6.07, 6.45) is 0. The van der Waals surface area contributed by atoms with Gasteiger partial charge < -0.3 is 0 Å². The first-order valence-corrected chi connectivity index (χ1v) is 9.14. The smallest absolute Gasteiger partial charge is 0.224 e. The van der Waals surface area contributed by atoms with Gasteiger partial charge >= 0.3 is 0 Å². The van der Waals surface area contributed by atoms with E-state index in [1.54, 1.807) is 20.8 Å². The summed E-state index contributed by atoms with van der Waals surface area (Å²) >= 11 is 0.931. The van der Waals surface area contributed by atoms with Crippen molar-refractivity contribution in [3.05, 3.63) is 17.0 Å². The first-order valence-electron chi connectivity index (χ1n) is 5.29. The molecule has 1 aromatic heterocycles. The number of nitrogens with two attached hydrogens (primary N) is 1. The van der Waals surface area contributed by atoms with Crippen molar-refractivity contribution in [2.45, 2.75) is 37.1 Å². The lowest BCUT2D eigenvalue weighted by atomic mass is 10.1. The van der Waals surface area contributed by atoms with Crippen LogP contribution in [-0.4, -0.2) is 22.4 Å². The average Bonchev–Trinajstić information content (AvgIpc) is 2.58. The Balaban J connectivity index is 2.70. The lowest BCUT2D eigenvalue weighted by Gasteiger charge is -2.20. The molecule has 0 amide bonds. The van der Waals surface area contributed by atoms with E-state index in [4.69, 9.17) is 5.14 Å². The van der Waals surface area contributed by atoms with E-state index in [2.05, 4.69) is 9.44 Å². The minimum Gasteiger partial charge on any atom is -0.224 e. The van der Waals surface area contributed by atoms with Crippen LogP contribution in [0.4, 0.5) is 0 Å². The number of nitrogens with one attached hydrogen (secondary N) is 2. The van der Waals surface area contributed by atoms with Crippen LogP contribution in [0.5, 0.6) is 0 Å². The van der Waals surface area contributed by atoms with Gasteiger partial charge in [-0.2, -0.15) is 17.9 Å². The number of thiophene rings is 1. The van der Waals surface area contributed by atoms with Crippen LogP contribution in [0.1, 0.15) is 25.6 Å². The van der Waals surface area contributed by atoms with Crippen LogP contribution in [0, 0.1) is 0 Å². The Morgan fingerprint density at radius 3 is 2.21 bits per heavy atom. The Morgan fingerprint density at radius 1 is 1.21 bits per heavy atom. The molecule has 0 aliphatic heterocycles. The zero-order chi connectivity index (χ0) is 14.9. The van der Waals surface area contributed by atoms with Crippen molar-refractivity contribution in [1.82, 2.24) is 9.44 Å². The van der Waals surface area contributed by atoms with E-state index >= 15 is 0 Å². The van der Waals surface area contributed by atoms with Crippen molar-refractivity contribution >= 4 is 31.6 Å². The molecule has 0 aromatic carbocycles. The first-order chi connectivity index (χ1) is 8.39. The second kappa shape index (κ2) is 5.46. The second-order valence-electron chi connectivity index (χ2n) is 4.94. The highest BCUT2D eigenvalue weighted by Crippen LogP contribution is 2.20. The van der Waals surface area contributed by atoms with Crippen molar-refractivity contribution in [2.75, 3.05) is 0 Å². The van der Waals surface area contributed by atoms with Crippen LogP contribution in [0.15, 0.2) is 16.3 Å². The molecule has 0 saturated heterocycles. The van der Waals surface area contributed by atoms with Crippen LogP contribution in [0.2, 0.25) is 0 Å². The largest absolute Gasteiger partial charge is 0.277 e. The molecule has 0 unspecified atom stereocenters. The molecule has 0 spiro atoms. The molecule has 10 heteroatoms. The Hall–Kier alpha value is -0.520. The molecule has 7 nitrogen and oxygen atoms in total. The summed E-state index contributed by atoms with van der Waals surface area (Å²) in [5.41, 5.74) is -0.590. The van der Waals surface area contributed by atoms with Gasteiger partial charge in [0, 0.05) is 17.0 Å². The molecule has 0 radical (unpaired) electrons. The molecule has 0 atom stereocenters. The fraction of sp³-hybridized carbons (Fsp3) is 0.556. The Morgan fingerprint density at radius 2 is 1.79 bits per heavy atom. The van der Waals surface area contributed by atoms with Crippen LogP contribution >= 0.6 is 11.3 Å². The van der Waals surface area contributed by atoms with Crippen molar-refractivity contribution in [3.63, 3.8) is 0 Å². The normalized spacial score (nSPS) is 13.7. The molecule has 0 bridgehead atoms.